The maximum Gasteiger partial charge on any atom is 0.314 e. The molecule has 0 bridgehead atoms. The number of ether oxygens (including phenoxy) is 1. The Labute approximate surface area is 176 Å². The molecule has 3 heteroatoms. The van der Waals surface area contributed by atoms with Crippen LogP contribution in [-0.2, 0) is 4.79 Å². The summed E-state index contributed by atoms with van der Waals surface area (Å²) in [6.07, 6.45) is 17.0. The molecule has 4 unspecified atom stereocenters. The number of fused-ring (bicyclic) bond motifs is 1. The van der Waals surface area contributed by atoms with Crippen LogP contribution in [0.4, 0.5) is 0 Å². The zero-order valence-corrected chi connectivity index (χ0v) is 18.1. The fourth-order valence-electron chi connectivity index (χ4n) is 5.47. The lowest BCUT2D eigenvalue weighted by Gasteiger charge is -2.41. The Hall–Kier alpha value is -1.82. The minimum absolute atomic E-state index is 0.0435. The second-order valence-corrected chi connectivity index (χ2v) is 9.32. The van der Waals surface area contributed by atoms with Gasteiger partial charge in [-0.2, -0.15) is 5.26 Å². The first-order valence-electron chi connectivity index (χ1n) is 11.9. The van der Waals surface area contributed by atoms with Gasteiger partial charge in [-0.05, 0) is 74.1 Å². The van der Waals surface area contributed by atoms with Gasteiger partial charge in [0.1, 0.15) is 5.75 Å². The first kappa shape index (κ1) is 21.9. The van der Waals surface area contributed by atoms with Crippen LogP contribution in [0.1, 0.15) is 96.0 Å². The third-order valence-corrected chi connectivity index (χ3v) is 7.22. The van der Waals surface area contributed by atoms with Crippen LogP contribution in [0.25, 0.3) is 0 Å². The number of esters is 1. The molecule has 0 spiro atoms. The molecule has 158 valence electrons. The molecule has 0 aliphatic heterocycles. The lowest BCUT2D eigenvalue weighted by Crippen LogP contribution is -2.35. The summed E-state index contributed by atoms with van der Waals surface area (Å²) in [5, 5.41) is 8.88. The van der Waals surface area contributed by atoms with E-state index in [-0.39, 0.29) is 11.9 Å². The number of benzene rings is 1. The Morgan fingerprint density at radius 3 is 2.41 bits per heavy atom. The van der Waals surface area contributed by atoms with E-state index < -0.39 is 0 Å². The molecule has 2 saturated carbocycles. The van der Waals surface area contributed by atoms with E-state index in [1.165, 1.54) is 70.6 Å². The van der Waals surface area contributed by atoms with E-state index in [2.05, 4.69) is 13.0 Å². The highest BCUT2D eigenvalue weighted by Gasteiger charge is 2.38. The van der Waals surface area contributed by atoms with E-state index in [0.29, 0.717) is 17.2 Å². The largest absolute Gasteiger partial charge is 0.426 e. The van der Waals surface area contributed by atoms with E-state index in [1.807, 2.05) is 0 Å². The maximum absolute atomic E-state index is 12.6. The van der Waals surface area contributed by atoms with Crippen molar-refractivity contribution >= 4 is 5.97 Å². The Bertz CT molecular complexity index is 675. The number of rotatable bonds is 9. The van der Waals surface area contributed by atoms with Gasteiger partial charge >= 0.3 is 5.97 Å². The zero-order chi connectivity index (χ0) is 20.5. The van der Waals surface area contributed by atoms with Crippen LogP contribution in [0.2, 0.25) is 0 Å². The molecule has 2 fully saturated rings. The van der Waals surface area contributed by atoms with Crippen LogP contribution in [0.5, 0.6) is 5.75 Å². The molecular formula is C26H37NO2. The highest BCUT2D eigenvalue weighted by atomic mass is 16.5. The third kappa shape index (κ3) is 6.59. The molecule has 29 heavy (non-hydrogen) atoms. The minimum atomic E-state index is -0.0811. The quantitative estimate of drug-likeness (QED) is 0.256. The van der Waals surface area contributed by atoms with Gasteiger partial charge in [0.05, 0.1) is 17.6 Å². The molecule has 0 saturated heterocycles. The Balaban J connectivity index is 1.38. The van der Waals surface area contributed by atoms with Gasteiger partial charge in [-0.15, -0.1) is 0 Å². The fourth-order valence-corrected chi connectivity index (χ4v) is 5.47. The second kappa shape index (κ2) is 11.4. The molecule has 1 aromatic carbocycles. The van der Waals surface area contributed by atoms with E-state index >= 15 is 0 Å². The van der Waals surface area contributed by atoms with Crippen LogP contribution in [-0.4, -0.2) is 5.97 Å². The summed E-state index contributed by atoms with van der Waals surface area (Å²) in [5.41, 5.74) is 0.586. The standard InChI is InChI=1S/C26H37NO2/c1-2-3-4-5-6-7-8-20-9-12-23-18-24(14-13-22(23)17-20)26(28)29-25-15-10-21(19-27)11-16-25/h10-11,15-16,20,22-24H,2-9,12-14,17-18H2,1H3. The van der Waals surface area contributed by atoms with Crippen LogP contribution in [0.15, 0.2) is 24.3 Å². The summed E-state index contributed by atoms with van der Waals surface area (Å²) >= 11 is 0. The van der Waals surface area contributed by atoms with Gasteiger partial charge in [0, 0.05) is 0 Å². The number of carbonyl (C=O) groups is 1. The first-order valence-corrected chi connectivity index (χ1v) is 11.9. The predicted molar refractivity (Wildman–Crippen MR) is 116 cm³/mol. The molecule has 0 heterocycles. The van der Waals surface area contributed by atoms with E-state index in [0.717, 1.165) is 24.7 Å². The monoisotopic (exact) mass is 395 g/mol. The fraction of sp³-hybridized carbons (Fsp3) is 0.692. The van der Waals surface area contributed by atoms with Crippen molar-refractivity contribution in [3.05, 3.63) is 29.8 Å². The number of unbranched alkanes of at least 4 members (excludes halogenated alkanes) is 5. The number of nitrogens with zero attached hydrogens (tertiary/aromatic N) is 1. The van der Waals surface area contributed by atoms with Gasteiger partial charge in [-0.1, -0.05) is 58.3 Å². The van der Waals surface area contributed by atoms with Crippen molar-refractivity contribution in [3.8, 4) is 11.8 Å². The molecule has 2 aliphatic carbocycles. The SMILES string of the molecule is CCCCCCCCC1CCC2CC(C(=O)Oc3ccc(C#N)cc3)CCC2C1. The van der Waals surface area contributed by atoms with Crippen molar-refractivity contribution in [1.29, 1.82) is 5.26 Å². The van der Waals surface area contributed by atoms with Gasteiger partial charge in [-0.3, -0.25) is 4.79 Å². The van der Waals surface area contributed by atoms with E-state index in [4.69, 9.17) is 10.00 Å². The molecule has 1 aromatic rings. The average molecular weight is 396 g/mol. The van der Waals surface area contributed by atoms with Crippen LogP contribution < -0.4 is 4.74 Å². The van der Waals surface area contributed by atoms with Crippen LogP contribution >= 0.6 is 0 Å². The Kier molecular flexibility index (Phi) is 8.59. The average Bonchev–Trinajstić information content (AvgIpc) is 2.76. The van der Waals surface area contributed by atoms with Crippen molar-refractivity contribution in [2.45, 2.75) is 90.4 Å². The number of carbonyl (C=O) groups excluding carboxylic acids is 1. The molecule has 3 nitrogen and oxygen atoms in total. The Morgan fingerprint density at radius 2 is 1.66 bits per heavy atom. The third-order valence-electron chi connectivity index (χ3n) is 7.22. The van der Waals surface area contributed by atoms with E-state index in [1.54, 1.807) is 24.3 Å². The molecule has 3 rings (SSSR count). The number of nitriles is 1. The molecule has 2 aliphatic rings. The van der Waals surface area contributed by atoms with Gasteiger partial charge in [0.2, 0.25) is 0 Å². The van der Waals surface area contributed by atoms with Crippen LogP contribution in [0.3, 0.4) is 0 Å². The lowest BCUT2D eigenvalue weighted by molar-refractivity contribution is -0.141. The molecular weight excluding hydrogens is 358 g/mol. The highest BCUT2D eigenvalue weighted by molar-refractivity contribution is 5.75. The van der Waals surface area contributed by atoms with Crippen molar-refractivity contribution < 1.29 is 9.53 Å². The maximum atomic E-state index is 12.6. The molecule has 4 atom stereocenters. The van der Waals surface area contributed by atoms with Gasteiger partial charge < -0.3 is 4.74 Å². The minimum Gasteiger partial charge on any atom is -0.426 e. The molecule has 0 radical (unpaired) electrons. The lowest BCUT2D eigenvalue weighted by atomic mass is 9.64. The van der Waals surface area contributed by atoms with Crippen molar-refractivity contribution in [1.82, 2.24) is 0 Å². The highest BCUT2D eigenvalue weighted by Crippen LogP contribution is 2.46. The summed E-state index contributed by atoms with van der Waals surface area (Å²) < 4.78 is 5.60. The van der Waals surface area contributed by atoms with Crippen molar-refractivity contribution in [2.75, 3.05) is 0 Å². The number of hydrogen-bond donors (Lipinski definition) is 0. The summed E-state index contributed by atoms with van der Waals surface area (Å²) in [6.45, 7) is 2.28. The second-order valence-electron chi connectivity index (χ2n) is 9.32. The van der Waals surface area contributed by atoms with Crippen LogP contribution in [0, 0.1) is 35.0 Å². The van der Waals surface area contributed by atoms with Gasteiger partial charge in [0.25, 0.3) is 0 Å². The summed E-state index contributed by atoms with van der Waals surface area (Å²) in [5.74, 6) is 2.98. The molecule has 0 amide bonds. The summed E-state index contributed by atoms with van der Waals surface area (Å²) in [7, 11) is 0. The predicted octanol–water partition coefficient (Wildman–Crippen LogP) is 7.05. The van der Waals surface area contributed by atoms with E-state index in [9.17, 15) is 4.79 Å². The smallest absolute Gasteiger partial charge is 0.314 e. The molecule has 0 aromatic heterocycles. The summed E-state index contributed by atoms with van der Waals surface area (Å²) in [6, 6.07) is 8.92. The topological polar surface area (TPSA) is 50.1 Å². The summed E-state index contributed by atoms with van der Waals surface area (Å²) in [4.78, 5) is 12.6. The Morgan fingerprint density at radius 1 is 0.966 bits per heavy atom. The normalized spacial score (nSPS) is 26.3. The van der Waals surface area contributed by atoms with Crippen molar-refractivity contribution in [2.24, 2.45) is 23.7 Å². The zero-order valence-electron chi connectivity index (χ0n) is 18.1. The van der Waals surface area contributed by atoms with Crippen molar-refractivity contribution in [3.63, 3.8) is 0 Å². The number of hydrogen-bond acceptors (Lipinski definition) is 3. The van der Waals surface area contributed by atoms with Gasteiger partial charge in [0.15, 0.2) is 0 Å². The first-order chi connectivity index (χ1) is 14.2. The van der Waals surface area contributed by atoms with Gasteiger partial charge in [-0.25, -0.2) is 0 Å². The molecule has 0 N–H and O–H groups in total.